The lowest BCUT2D eigenvalue weighted by Crippen LogP contribution is -1.77. The highest BCUT2D eigenvalue weighted by atomic mass is 19.1. The van der Waals surface area contributed by atoms with Crippen molar-refractivity contribution in [2.45, 2.75) is 0 Å². The average Bonchev–Trinajstić information content (AvgIpc) is 3.31. The summed E-state index contributed by atoms with van der Waals surface area (Å²) in [6, 6.07) is 12.6. The second kappa shape index (κ2) is 7.32. The molecule has 24 heavy (non-hydrogen) atoms. The normalized spacial score (nSPS) is 10.1. The van der Waals surface area contributed by atoms with Gasteiger partial charge in [0.2, 0.25) is 0 Å². The van der Waals surface area contributed by atoms with Crippen molar-refractivity contribution in [3.05, 3.63) is 85.2 Å². The van der Waals surface area contributed by atoms with Crippen LogP contribution in [0.1, 0.15) is 0 Å². The van der Waals surface area contributed by atoms with Crippen LogP contribution in [0.2, 0.25) is 0 Å². The predicted molar refractivity (Wildman–Crippen MR) is 88.0 cm³/mol. The number of rotatable bonds is 2. The van der Waals surface area contributed by atoms with Gasteiger partial charge in [-0.2, -0.15) is 0 Å². The number of nitrogens with zero attached hydrogens (tertiary/aromatic N) is 2. The molecular formula is C18H14F2N4. The third kappa shape index (κ3) is 3.92. The molecule has 2 heterocycles. The third-order valence-electron chi connectivity index (χ3n) is 3.31. The van der Waals surface area contributed by atoms with E-state index in [0.29, 0.717) is 0 Å². The molecule has 0 saturated heterocycles. The summed E-state index contributed by atoms with van der Waals surface area (Å²) in [5.41, 5.74) is 3.67. The highest BCUT2D eigenvalue weighted by Gasteiger charge is 1.98. The number of halogens is 2. The van der Waals surface area contributed by atoms with Crippen molar-refractivity contribution in [2.24, 2.45) is 0 Å². The minimum Gasteiger partial charge on any atom is -0.345 e. The van der Waals surface area contributed by atoms with Gasteiger partial charge in [-0.25, -0.2) is 18.7 Å². The Labute approximate surface area is 137 Å². The van der Waals surface area contributed by atoms with Crippen molar-refractivity contribution >= 4 is 0 Å². The molecule has 0 aliphatic heterocycles. The maximum absolute atomic E-state index is 12.5. The maximum Gasteiger partial charge on any atom is 0.123 e. The summed E-state index contributed by atoms with van der Waals surface area (Å²) in [4.78, 5) is 13.6. The van der Waals surface area contributed by atoms with E-state index in [4.69, 9.17) is 0 Å². The number of H-pyrrole nitrogens is 2. The lowest BCUT2D eigenvalue weighted by atomic mass is 10.2. The van der Waals surface area contributed by atoms with Crippen LogP contribution in [0.5, 0.6) is 0 Å². The number of aromatic amines is 2. The summed E-state index contributed by atoms with van der Waals surface area (Å²) < 4.78 is 25.0. The third-order valence-corrected chi connectivity index (χ3v) is 3.31. The minimum atomic E-state index is -0.224. The molecular weight excluding hydrogens is 310 g/mol. The molecule has 2 aromatic carbocycles. The van der Waals surface area contributed by atoms with Gasteiger partial charge < -0.3 is 9.97 Å². The fraction of sp³-hybridized carbons (Fsp3) is 0. The summed E-state index contributed by atoms with van der Waals surface area (Å²) in [7, 11) is 0. The summed E-state index contributed by atoms with van der Waals surface area (Å²) in [5.74, 6) is -0.448. The largest absolute Gasteiger partial charge is 0.345 e. The van der Waals surface area contributed by atoms with Crippen molar-refractivity contribution < 1.29 is 8.78 Å². The van der Waals surface area contributed by atoms with Gasteiger partial charge in [0.1, 0.15) is 11.6 Å². The van der Waals surface area contributed by atoms with Crippen molar-refractivity contribution in [1.82, 2.24) is 19.9 Å². The summed E-state index contributed by atoms with van der Waals surface area (Å²) in [5, 5.41) is 0. The first-order valence-corrected chi connectivity index (χ1v) is 7.21. The Hall–Kier alpha value is -3.28. The van der Waals surface area contributed by atoms with Crippen molar-refractivity contribution in [2.75, 3.05) is 0 Å². The Morgan fingerprint density at radius 2 is 0.958 bits per heavy atom. The van der Waals surface area contributed by atoms with Gasteiger partial charge in [0, 0.05) is 0 Å². The molecule has 6 heteroatoms. The maximum atomic E-state index is 12.5. The summed E-state index contributed by atoms with van der Waals surface area (Å²) >= 11 is 0. The Kier molecular flexibility index (Phi) is 4.76. The van der Waals surface area contributed by atoms with Crippen molar-refractivity contribution in [3.63, 3.8) is 0 Å². The highest BCUT2D eigenvalue weighted by molar-refractivity contribution is 5.58. The topological polar surface area (TPSA) is 57.4 Å². The van der Waals surface area contributed by atoms with E-state index in [1.165, 1.54) is 24.3 Å². The Balaban J connectivity index is 0.000000141. The molecule has 0 radical (unpaired) electrons. The molecule has 0 aliphatic carbocycles. The van der Waals surface area contributed by atoms with E-state index >= 15 is 0 Å². The fourth-order valence-electron chi connectivity index (χ4n) is 2.09. The average molecular weight is 324 g/mol. The predicted octanol–water partition coefficient (Wildman–Crippen LogP) is 4.43. The molecule has 2 N–H and O–H groups in total. The van der Waals surface area contributed by atoms with Gasteiger partial charge in [-0.15, -0.1) is 0 Å². The van der Waals surface area contributed by atoms with E-state index in [1.54, 1.807) is 49.3 Å². The molecule has 0 atom stereocenters. The van der Waals surface area contributed by atoms with E-state index in [-0.39, 0.29) is 11.6 Å². The van der Waals surface area contributed by atoms with E-state index in [9.17, 15) is 8.78 Å². The standard InChI is InChI=1S/2C9H7FN2/c2*10-8-3-1-7(2-4-8)9-5-11-6-12-9/h2*1-6H,(H,11,12). The number of imidazole rings is 2. The van der Waals surface area contributed by atoms with E-state index in [0.717, 1.165) is 22.5 Å². The minimum absolute atomic E-state index is 0.224. The van der Waals surface area contributed by atoms with E-state index in [1.807, 2.05) is 0 Å². The van der Waals surface area contributed by atoms with Crippen molar-refractivity contribution in [3.8, 4) is 22.5 Å². The molecule has 0 bridgehead atoms. The molecule has 4 aromatic rings. The van der Waals surface area contributed by atoms with Crippen LogP contribution < -0.4 is 0 Å². The monoisotopic (exact) mass is 324 g/mol. The van der Waals surface area contributed by atoms with Gasteiger partial charge in [0.05, 0.1) is 36.4 Å². The van der Waals surface area contributed by atoms with Gasteiger partial charge in [-0.3, -0.25) is 0 Å². The summed E-state index contributed by atoms with van der Waals surface area (Å²) in [6.45, 7) is 0. The van der Waals surface area contributed by atoms with Gasteiger partial charge in [0.15, 0.2) is 0 Å². The molecule has 0 aliphatic rings. The number of aromatic nitrogens is 4. The molecule has 2 aromatic heterocycles. The zero-order chi connectivity index (χ0) is 16.8. The van der Waals surface area contributed by atoms with Crippen LogP contribution in [0.25, 0.3) is 22.5 Å². The summed E-state index contributed by atoms with van der Waals surface area (Å²) in [6.07, 6.45) is 6.60. The van der Waals surface area contributed by atoms with Crippen LogP contribution in [-0.4, -0.2) is 19.9 Å². The SMILES string of the molecule is Fc1ccc(-c2cnc[nH]2)cc1.Fc1ccc(-c2cnc[nH]2)cc1. The van der Waals surface area contributed by atoms with E-state index in [2.05, 4.69) is 19.9 Å². The first-order chi connectivity index (χ1) is 11.7. The number of hydrogen-bond donors (Lipinski definition) is 2. The van der Waals surface area contributed by atoms with Crippen LogP contribution in [0, 0.1) is 11.6 Å². The van der Waals surface area contributed by atoms with Crippen LogP contribution in [0.15, 0.2) is 73.6 Å². The number of benzene rings is 2. The highest BCUT2D eigenvalue weighted by Crippen LogP contribution is 2.16. The molecule has 0 unspecified atom stereocenters. The molecule has 4 rings (SSSR count). The van der Waals surface area contributed by atoms with Crippen LogP contribution in [-0.2, 0) is 0 Å². The van der Waals surface area contributed by atoms with E-state index < -0.39 is 0 Å². The molecule has 0 spiro atoms. The van der Waals surface area contributed by atoms with Gasteiger partial charge in [0.25, 0.3) is 0 Å². The van der Waals surface area contributed by atoms with Gasteiger partial charge in [-0.1, -0.05) is 0 Å². The molecule has 120 valence electrons. The van der Waals surface area contributed by atoms with Gasteiger partial charge in [-0.05, 0) is 59.7 Å². The Morgan fingerprint density at radius 3 is 1.25 bits per heavy atom. The molecule has 4 nitrogen and oxygen atoms in total. The molecule has 0 saturated carbocycles. The van der Waals surface area contributed by atoms with Crippen LogP contribution >= 0.6 is 0 Å². The zero-order valence-electron chi connectivity index (χ0n) is 12.6. The van der Waals surface area contributed by atoms with Crippen LogP contribution in [0.4, 0.5) is 8.78 Å². The Morgan fingerprint density at radius 1 is 0.583 bits per heavy atom. The fourth-order valence-corrected chi connectivity index (χ4v) is 2.09. The lowest BCUT2D eigenvalue weighted by molar-refractivity contribution is 0.627. The second-order valence-corrected chi connectivity index (χ2v) is 4.94. The first kappa shape index (κ1) is 15.6. The lowest BCUT2D eigenvalue weighted by Gasteiger charge is -1.95. The number of nitrogens with one attached hydrogen (secondary N) is 2. The zero-order valence-corrected chi connectivity index (χ0v) is 12.6. The smallest absolute Gasteiger partial charge is 0.123 e. The van der Waals surface area contributed by atoms with Crippen LogP contribution in [0.3, 0.4) is 0 Å². The second-order valence-electron chi connectivity index (χ2n) is 4.94. The molecule has 0 fully saturated rings. The van der Waals surface area contributed by atoms with Crippen molar-refractivity contribution in [1.29, 1.82) is 0 Å². The quantitative estimate of drug-likeness (QED) is 0.573. The molecule has 0 amide bonds. The number of hydrogen-bond acceptors (Lipinski definition) is 2. The van der Waals surface area contributed by atoms with Gasteiger partial charge >= 0.3 is 0 Å². The Bertz CT molecular complexity index is 777. The first-order valence-electron chi connectivity index (χ1n) is 7.21.